The van der Waals surface area contributed by atoms with Crippen molar-refractivity contribution in [3.8, 4) is 5.75 Å². The predicted molar refractivity (Wildman–Crippen MR) is 137 cm³/mol. The lowest BCUT2D eigenvalue weighted by atomic mass is 9.73. The van der Waals surface area contributed by atoms with Gasteiger partial charge in [0.25, 0.3) is 0 Å². The molecule has 3 fully saturated rings. The molecule has 0 aliphatic carbocycles. The van der Waals surface area contributed by atoms with Crippen molar-refractivity contribution >= 4 is 29.4 Å². The zero-order chi connectivity index (χ0) is 25.0. The van der Waals surface area contributed by atoms with Crippen molar-refractivity contribution in [1.29, 1.82) is 0 Å². The van der Waals surface area contributed by atoms with Crippen molar-refractivity contribution < 1.29 is 14.3 Å². The van der Waals surface area contributed by atoms with Crippen LogP contribution in [0.1, 0.15) is 33.6 Å². The summed E-state index contributed by atoms with van der Waals surface area (Å²) in [6.07, 6.45) is 7.49. The average molecular weight is 512 g/mol. The van der Waals surface area contributed by atoms with Gasteiger partial charge < -0.3 is 25.0 Å². The van der Waals surface area contributed by atoms with Crippen molar-refractivity contribution in [2.24, 2.45) is 11.1 Å². The van der Waals surface area contributed by atoms with Crippen LogP contribution in [-0.4, -0.2) is 83.0 Å². The molecule has 4 aliphatic rings. The Hall–Kier alpha value is -2.63. The van der Waals surface area contributed by atoms with Gasteiger partial charge in [0, 0.05) is 43.3 Å². The molecule has 2 aromatic rings. The Balaban J connectivity index is 1.15. The van der Waals surface area contributed by atoms with Crippen molar-refractivity contribution in [1.82, 2.24) is 19.9 Å². The molecular formula is C25H33N7O3S. The monoisotopic (exact) mass is 511 g/mol. The van der Waals surface area contributed by atoms with Crippen LogP contribution in [0.15, 0.2) is 34.6 Å². The van der Waals surface area contributed by atoms with E-state index in [0.717, 1.165) is 48.3 Å². The molecule has 3 atom stereocenters. The van der Waals surface area contributed by atoms with E-state index < -0.39 is 0 Å². The fourth-order valence-electron chi connectivity index (χ4n) is 5.78. The number of amides is 2. The standard InChI is InChI=1S/C25H33N7O3S/c1-15(2)31-12-17-13-34-21-18(4-7-27-23(21)32(17)24(31)33)36-20-11-28-19(10-29-20)30-8-5-25(6-9-30)14-35-16(3)22(25)26/h4,7,10-11,15-17,22H,5-6,8-9,12-14,26H2,1-3H3/t16-,17-,22+/m0/s1. The van der Waals surface area contributed by atoms with E-state index in [9.17, 15) is 4.79 Å². The van der Waals surface area contributed by atoms with Gasteiger partial charge in [-0.15, -0.1) is 0 Å². The molecule has 0 saturated carbocycles. The number of piperidine rings is 1. The van der Waals surface area contributed by atoms with E-state index in [2.05, 4.69) is 21.8 Å². The van der Waals surface area contributed by atoms with Gasteiger partial charge in [-0.25, -0.2) is 19.7 Å². The summed E-state index contributed by atoms with van der Waals surface area (Å²) in [5, 5.41) is 0.767. The number of rotatable bonds is 4. The second-order valence-corrected chi connectivity index (χ2v) is 11.6. The number of pyridine rings is 1. The molecule has 0 bridgehead atoms. The highest BCUT2D eigenvalue weighted by Crippen LogP contribution is 2.44. The molecule has 192 valence electrons. The van der Waals surface area contributed by atoms with Gasteiger partial charge in [-0.05, 0) is 39.7 Å². The molecule has 6 heterocycles. The molecule has 4 aliphatic heterocycles. The minimum absolute atomic E-state index is 0.0127. The number of hydrogen-bond donors (Lipinski definition) is 1. The number of fused-ring (bicyclic) bond motifs is 3. The first-order chi connectivity index (χ1) is 17.4. The number of hydrogen-bond acceptors (Lipinski definition) is 9. The molecule has 6 rings (SSSR count). The first kappa shape index (κ1) is 23.7. The third-order valence-electron chi connectivity index (χ3n) is 8.10. The van der Waals surface area contributed by atoms with Crippen LogP contribution >= 0.6 is 11.8 Å². The van der Waals surface area contributed by atoms with E-state index in [-0.39, 0.29) is 35.7 Å². The Morgan fingerprint density at radius 2 is 2.00 bits per heavy atom. The molecule has 0 unspecified atom stereocenters. The largest absolute Gasteiger partial charge is 0.486 e. The van der Waals surface area contributed by atoms with Crippen LogP contribution in [0.2, 0.25) is 0 Å². The van der Waals surface area contributed by atoms with Gasteiger partial charge >= 0.3 is 6.03 Å². The fourth-order valence-corrected chi connectivity index (χ4v) is 6.59. The fraction of sp³-hybridized carbons (Fsp3) is 0.600. The number of ether oxygens (including phenoxy) is 2. The van der Waals surface area contributed by atoms with Crippen LogP contribution < -0.4 is 20.3 Å². The van der Waals surface area contributed by atoms with Gasteiger partial charge in [0.1, 0.15) is 17.5 Å². The molecule has 1 spiro atoms. The minimum Gasteiger partial charge on any atom is -0.486 e. The number of anilines is 2. The summed E-state index contributed by atoms with van der Waals surface area (Å²) in [4.78, 5) is 33.7. The van der Waals surface area contributed by atoms with Crippen molar-refractivity contribution in [2.45, 2.75) is 67.8 Å². The van der Waals surface area contributed by atoms with E-state index in [1.807, 2.05) is 31.0 Å². The summed E-state index contributed by atoms with van der Waals surface area (Å²) in [6, 6.07) is 2.10. The molecule has 11 heteroatoms. The highest BCUT2D eigenvalue weighted by molar-refractivity contribution is 7.99. The topological polar surface area (TPSA) is 110 Å². The van der Waals surface area contributed by atoms with Crippen molar-refractivity contribution in [3.05, 3.63) is 24.7 Å². The van der Waals surface area contributed by atoms with Crippen molar-refractivity contribution in [2.75, 3.05) is 42.6 Å². The summed E-state index contributed by atoms with van der Waals surface area (Å²) >= 11 is 1.47. The summed E-state index contributed by atoms with van der Waals surface area (Å²) < 4.78 is 12.0. The molecule has 36 heavy (non-hydrogen) atoms. The van der Waals surface area contributed by atoms with E-state index in [1.165, 1.54) is 11.8 Å². The molecular weight excluding hydrogens is 478 g/mol. The molecule has 10 nitrogen and oxygen atoms in total. The normalized spacial score (nSPS) is 27.0. The molecule has 0 aromatic carbocycles. The Labute approximate surface area is 215 Å². The lowest BCUT2D eigenvalue weighted by Crippen LogP contribution is -2.50. The van der Waals surface area contributed by atoms with Crippen LogP contribution in [0.4, 0.5) is 16.4 Å². The lowest BCUT2D eigenvalue weighted by Gasteiger charge is -2.41. The number of aromatic nitrogens is 3. The van der Waals surface area contributed by atoms with Gasteiger partial charge in [-0.2, -0.15) is 0 Å². The van der Waals surface area contributed by atoms with Crippen LogP contribution in [0, 0.1) is 5.41 Å². The molecule has 2 N–H and O–H groups in total. The van der Waals surface area contributed by atoms with E-state index in [4.69, 9.17) is 20.2 Å². The maximum atomic E-state index is 13.0. The van der Waals surface area contributed by atoms with Crippen LogP contribution in [0.5, 0.6) is 5.75 Å². The maximum absolute atomic E-state index is 13.0. The quantitative estimate of drug-likeness (QED) is 0.662. The SMILES string of the molecule is CC(C)N1C[C@H]2COc3c(Sc4cnc(N5CCC6(CC5)CO[C@@H](C)[C@H]6N)cn4)ccnc3N2C1=O. The molecule has 3 saturated heterocycles. The first-order valence-corrected chi connectivity index (χ1v) is 13.5. The number of nitrogens with two attached hydrogens (primary N) is 1. The van der Waals surface area contributed by atoms with E-state index in [0.29, 0.717) is 24.7 Å². The summed E-state index contributed by atoms with van der Waals surface area (Å²) in [5.41, 5.74) is 6.54. The van der Waals surface area contributed by atoms with Gasteiger partial charge in [-0.3, -0.25) is 4.90 Å². The molecule has 0 radical (unpaired) electrons. The van der Waals surface area contributed by atoms with Gasteiger partial charge in [0.05, 0.1) is 36.0 Å². The van der Waals surface area contributed by atoms with Gasteiger partial charge in [-0.1, -0.05) is 11.8 Å². The number of carbonyl (C=O) groups excluding carboxylic acids is 1. The number of nitrogens with zero attached hydrogens (tertiary/aromatic N) is 6. The van der Waals surface area contributed by atoms with Crippen LogP contribution in [0.25, 0.3) is 0 Å². The Kier molecular flexibility index (Phi) is 5.96. The Morgan fingerprint density at radius 3 is 2.67 bits per heavy atom. The molecule has 2 amide bonds. The van der Waals surface area contributed by atoms with Crippen LogP contribution in [0.3, 0.4) is 0 Å². The van der Waals surface area contributed by atoms with Gasteiger partial charge in [0.15, 0.2) is 11.6 Å². The minimum atomic E-state index is -0.0172. The molecule has 2 aromatic heterocycles. The highest BCUT2D eigenvalue weighted by atomic mass is 32.2. The first-order valence-electron chi connectivity index (χ1n) is 12.7. The maximum Gasteiger partial charge on any atom is 0.326 e. The smallest absolute Gasteiger partial charge is 0.326 e. The Morgan fingerprint density at radius 1 is 1.19 bits per heavy atom. The third-order valence-corrected chi connectivity index (χ3v) is 9.07. The average Bonchev–Trinajstić information content (AvgIpc) is 3.37. The predicted octanol–water partition coefficient (Wildman–Crippen LogP) is 2.77. The number of urea groups is 1. The van der Waals surface area contributed by atoms with E-state index >= 15 is 0 Å². The second kappa shape index (κ2) is 9.04. The van der Waals surface area contributed by atoms with Crippen molar-refractivity contribution in [3.63, 3.8) is 0 Å². The van der Waals surface area contributed by atoms with E-state index in [1.54, 1.807) is 17.3 Å². The summed E-state index contributed by atoms with van der Waals surface area (Å²) in [5.74, 6) is 2.09. The van der Waals surface area contributed by atoms with Crippen LogP contribution in [-0.2, 0) is 4.74 Å². The Bertz CT molecular complexity index is 1140. The summed E-state index contributed by atoms with van der Waals surface area (Å²) in [7, 11) is 0. The zero-order valence-electron chi connectivity index (χ0n) is 21.0. The highest BCUT2D eigenvalue weighted by Gasteiger charge is 2.48. The third kappa shape index (κ3) is 3.88. The van der Waals surface area contributed by atoms with Gasteiger partial charge in [0.2, 0.25) is 0 Å². The lowest BCUT2D eigenvalue weighted by molar-refractivity contribution is 0.0974. The number of carbonyl (C=O) groups is 1. The summed E-state index contributed by atoms with van der Waals surface area (Å²) in [6.45, 7) is 9.78. The zero-order valence-corrected chi connectivity index (χ0v) is 21.8. The second-order valence-electron chi connectivity index (χ2n) is 10.5.